The molecule has 0 aromatic heterocycles. The van der Waals surface area contributed by atoms with Gasteiger partial charge in [0, 0.05) is 24.5 Å². The van der Waals surface area contributed by atoms with Crippen molar-refractivity contribution in [3.8, 4) is 0 Å². The molecule has 3 rings (SSSR count). The Morgan fingerprint density at radius 3 is 2.39 bits per heavy atom. The third-order valence-corrected chi connectivity index (χ3v) is 8.01. The van der Waals surface area contributed by atoms with Crippen molar-refractivity contribution in [2.24, 2.45) is 11.3 Å². The molecule has 174 valence electrons. The third kappa shape index (κ3) is 5.87. The lowest BCUT2D eigenvalue weighted by atomic mass is 9.74. The second-order valence-corrected chi connectivity index (χ2v) is 11.6. The summed E-state index contributed by atoms with van der Waals surface area (Å²) in [6.07, 6.45) is -3.95. The number of hydrogen-bond donors (Lipinski definition) is 1. The van der Waals surface area contributed by atoms with Crippen LogP contribution in [-0.4, -0.2) is 45.6 Å². The first-order chi connectivity index (χ1) is 14.4. The summed E-state index contributed by atoms with van der Waals surface area (Å²) in [5, 5.41) is 0. The van der Waals surface area contributed by atoms with Gasteiger partial charge in [0.1, 0.15) is 11.4 Å². The lowest BCUT2D eigenvalue weighted by molar-refractivity contribution is -0.175. The van der Waals surface area contributed by atoms with E-state index < -0.39 is 45.8 Å². The van der Waals surface area contributed by atoms with Crippen molar-refractivity contribution < 1.29 is 27.3 Å². The number of rotatable bonds is 4. The average molecular weight is 461 g/mol. The zero-order chi connectivity index (χ0) is 22.9. The van der Waals surface area contributed by atoms with Crippen LogP contribution in [-0.2, 0) is 22.7 Å². The lowest BCUT2D eigenvalue weighted by Gasteiger charge is -2.43. The maximum Gasteiger partial charge on any atom is 0.410 e. The third-order valence-electron chi connectivity index (χ3n) is 6.40. The molecule has 1 aliphatic heterocycles. The normalized spacial score (nSPS) is 24.9. The summed E-state index contributed by atoms with van der Waals surface area (Å²) < 4.78 is 61.0. The van der Waals surface area contributed by atoms with E-state index in [1.54, 1.807) is 25.7 Å². The summed E-state index contributed by atoms with van der Waals surface area (Å²) in [5.74, 6) is -1.42. The molecule has 0 radical (unpaired) electrons. The fourth-order valence-electron chi connectivity index (χ4n) is 4.48. The first-order valence-corrected chi connectivity index (χ1v) is 11.8. The first kappa shape index (κ1) is 24.2. The van der Waals surface area contributed by atoms with Crippen LogP contribution >= 0.6 is 0 Å². The fourth-order valence-corrected chi connectivity index (χ4v) is 5.44. The minimum atomic E-state index is -4.28. The molecule has 2 aliphatic rings. The lowest BCUT2D eigenvalue weighted by Crippen LogP contribution is -2.53. The Morgan fingerprint density at radius 2 is 1.84 bits per heavy atom. The number of halogens is 3. The molecule has 1 aliphatic carbocycles. The van der Waals surface area contributed by atoms with E-state index in [0.717, 1.165) is 5.56 Å². The molecule has 1 unspecified atom stereocenters. The summed E-state index contributed by atoms with van der Waals surface area (Å²) in [7, 11) is 0. The van der Waals surface area contributed by atoms with E-state index in [2.05, 4.69) is 4.72 Å². The molecule has 0 bridgehead atoms. The van der Waals surface area contributed by atoms with Gasteiger partial charge in [0.25, 0.3) is 0 Å². The van der Waals surface area contributed by atoms with Crippen molar-refractivity contribution in [1.29, 1.82) is 0 Å². The minimum absolute atomic E-state index is 0.00239. The van der Waals surface area contributed by atoms with E-state index in [0.29, 0.717) is 25.9 Å². The topological polar surface area (TPSA) is 64.6 Å². The van der Waals surface area contributed by atoms with Crippen molar-refractivity contribution in [3.63, 3.8) is 0 Å². The van der Waals surface area contributed by atoms with Crippen LogP contribution in [0.25, 0.3) is 0 Å². The van der Waals surface area contributed by atoms with E-state index in [9.17, 15) is 22.5 Å². The van der Waals surface area contributed by atoms with Crippen LogP contribution in [0.2, 0.25) is 0 Å². The van der Waals surface area contributed by atoms with E-state index in [1.807, 2.05) is 30.3 Å². The highest BCUT2D eigenvalue weighted by Crippen LogP contribution is 2.53. The number of amides is 1. The highest BCUT2D eigenvalue weighted by molar-refractivity contribution is 7.90. The number of carbonyl (C=O) groups is 1. The molecule has 1 saturated carbocycles. The number of nitrogens with one attached hydrogen (secondary N) is 1. The molecule has 5 nitrogen and oxygen atoms in total. The number of carbonyl (C=O) groups excluding carboxylic acids is 1. The number of benzene rings is 1. The maximum atomic E-state index is 13.5. The van der Waals surface area contributed by atoms with Crippen LogP contribution in [0.4, 0.5) is 18.0 Å². The fraction of sp³-hybridized carbons (Fsp3) is 0.682. The molecule has 1 amide bonds. The molecule has 1 heterocycles. The second-order valence-electron chi connectivity index (χ2n) is 9.62. The first-order valence-electron chi connectivity index (χ1n) is 10.6. The van der Waals surface area contributed by atoms with Crippen LogP contribution in [0.15, 0.2) is 30.3 Å². The van der Waals surface area contributed by atoms with Gasteiger partial charge >= 0.3 is 12.3 Å². The Bertz CT molecular complexity index is 747. The van der Waals surface area contributed by atoms with Gasteiger partial charge in [-0.05, 0) is 57.4 Å². The SMILES string of the molecule is CC(C)(C)[S@@+]([O-])N[C@@H]1CC(C(F)(F)F)CC12CCN(C(=O)OCc1ccccc1)CC2. The van der Waals surface area contributed by atoms with Crippen molar-refractivity contribution >= 4 is 17.5 Å². The maximum absolute atomic E-state index is 13.5. The molecular formula is C22H31F3N2O3S. The molecule has 1 N–H and O–H groups in total. The molecular weight excluding hydrogens is 429 g/mol. The van der Waals surface area contributed by atoms with Crippen LogP contribution in [0.5, 0.6) is 0 Å². The number of alkyl halides is 3. The van der Waals surface area contributed by atoms with E-state index in [1.165, 1.54) is 0 Å². The van der Waals surface area contributed by atoms with Crippen LogP contribution in [0.1, 0.15) is 52.0 Å². The van der Waals surface area contributed by atoms with Crippen LogP contribution in [0, 0.1) is 11.3 Å². The molecule has 1 aromatic carbocycles. The van der Waals surface area contributed by atoms with E-state index in [-0.39, 0.29) is 19.4 Å². The van der Waals surface area contributed by atoms with Crippen molar-refractivity contribution in [3.05, 3.63) is 35.9 Å². The summed E-state index contributed by atoms with van der Waals surface area (Å²) in [5.41, 5.74) is 0.249. The van der Waals surface area contributed by atoms with E-state index >= 15 is 0 Å². The highest BCUT2D eigenvalue weighted by Gasteiger charge is 2.57. The Kier molecular flexibility index (Phi) is 7.18. The largest absolute Gasteiger partial charge is 0.598 e. The summed E-state index contributed by atoms with van der Waals surface area (Å²) in [4.78, 5) is 14.0. The Hall–Kier alpha value is -1.45. The standard InChI is InChI=1S/C22H31F3N2O3S/c1-20(2,3)31(29)26-18-13-17(22(23,24)25)14-21(18)9-11-27(12-10-21)19(28)30-15-16-7-5-4-6-8-16/h4-8,17-18,26H,9-15H2,1-3H3/t17?,18-,31-/m1/s1. The number of piperidine rings is 1. The Balaban J connectivity index is 1.63. The molecule has 1 aromatic rings. The Morgan fingerprint density at radius 1 is 1.23 bits per heavy atom. The van der Waals surface area contributed by atoms with Crippen LogP contribution in [0.3, 0.4) is 0 Å². The second kappa shape index (κ2) is 9.19. The molecule has 31 heavy (non-hydrogen) atoms. The number of likely N-dealkylation sites (tertiary alicyclic amines) is 1. The quantitative estimate of drug-likeness (QED) is 0.656. The summed E-state index contributed by atoms with van der Waals surface area (Å²) in [6.45, 7) is 6.21. The zero-order valence-corrected chi connectivity index (χ0v) is 19.0. The zero-order valence-electron chi connectivity index (χ0n) is 18.2. The van der Waals surface area contributed by atoms with Gasteiger partial charge in [-0.15, -0.1) is 4.72 Å². The Labute approximate surface area is 185 Å². The monoisotopic (exact) mass is 460 g/mol. The van der Waals surface area contributed by atoms with Crippen LogP contribution < -0.4 is 4.72 Å². The highest BCUT2D eigenvalue weighted by atomic mass is 32.2. The predicted octanol–water partition coefficient (Wildman–Crippen LogP) is 4.80. The van der Waals surface area contributed by atoms with Gasteiger partial charge in [-0.1, -0.05) is 30.3 Å². The van der Waals surface area contributed by atoms with Crippen molar-refractivity contribution in [2.45, 2.75) is 70.0 Å². The summed E-state index contributed by atoms with van der Waals surface area (Å²) in [6, 6.07) is 8.82. The number of ether oxygens (including phenoxy) is 1. The summed E-state index contributed by atoms with van der Waals surface area (Å²) >= 11 is -1.46. The van der Waals surface area contributed by atoms with E-state index in [4.69, 9.17) is 4.74 Å². The molecule has 1 saturated heterocycles. The van der Waals surface area contributed by atoms with Gasteiger partial charge in [0.2, 0.25) is 0 Å². The van der Waals surface area contributed by atoms with Gasteiger partial charge in [0.15, 0.2) is 0 Å². The molecule has 3 atom stereocenters. The van der Waals surface area contributed by atoms with Crippen molar-refractivity contribution in [2.75, 3.05) is 13.1 Å². The van der Waals surface area contributed by atoms with Gasteiger partial charge in [-0.2, -0.15) is 13.2 Å². The van der Waals surface area contributed by atoms with Gasteiger partial charge < -0.3 is 14.2 Å². The average Bonchev–Trinajstić information content (AvgIpc) is 3.05. The molecule has 1 spiro atoms. The minimum Gasteiger partial charge on any atom is -0.598 e. The van der Waals surface area contributed by atoms with Crippen molar-refractivity contribution in [1.82, 2.24) is 9.62 Å². The van der Waals surface area contributed by atoms with Gasteiger partial charge in [-0.25, -0.2) is 4.79 Å². The predicted molar refractivity (Wildman–Crippen MR) is 113 cm³/mol. The molecule has 2 fully saturated rings. The molecule has 9 heteroatoms. The number of hydrogen-bond acceptors (Lipinski definition) is 4. The van der Waals surface area contributed by atoms with Gasteiger partial charge in [0.05, 0.1) is 12.0 Å². The smallest absolute Gasteiger partial charge is 0.410 e. The number of nitrogens with zero attached hydrogens (tertiary/aromatic N) is 1. The van der Waals surface area contributed by atoms with Gasteiger partial charge in [-0.3, -0.25) is 0 Å².